The molecular formula is C19H18N2O4. The Morgan fingerprint density at radius 2 is 2.08 bits per heavy atom. The van der Waals surface area contributed by atoms with Crippen molar-refractivity contribution in [1.29, 1.82) is 0 Å². The van der Waals surface area contributed by atoms with Crippen LogP contribution < -0.4 is 0 Å². The van der Waals surface area contributed by atoms with E-state index in [0.717, 1.165) is 22.5 Å². The molecule has 25 heavy (non-hydrogen) atoms. The molecule has 0 radical (unpaired) electrons. The molecular weight excluding hydrogens is 320 g/mol. The van der Waals surface area contributed by atoms with E-state index in [-0.39, 0.29) is 29.3 Å². The molecule has 128 valence electrons. The number of nitro groups is 1. The highest BCUT2D eigenvalue weighted by Crippen LogP contribution is 2.40. The molecule has 1 aliphatic heterocycles. The number of rotatable bonds is 5. The van der Waals surface area contributed by atoms with Crippen LogP contribution in [-0.2, 0) is 16.6 Å². The molecule has 0 bridgehead atoms. The van der Waals surface area contributed by atoms with Gasteiger partial charge in [0.1, 0.15) is 10.7 Å². The van der Waals surface area contributed by atoms with Gasteiger partial charge in [0.25, 0.3) is 0 Å². The van der Waals surface area contributed by atoms with E-state index < -0.39 is 4.92 Å². The molecule has 0 atom stereocenters. The standard InChI is InChI=1S/C19H18N2O4/c1-12-19(2,3)16-11-13(4-8-17(16)20-12)10-14(22)5-6-15-7-9-18(25-15)21(23)24/h4-9,11H,10H2,1-3H3/b6-5+. The molecule has 1 aliphatic rings. The predicted molar refractivity (Wildman–Crippen MR) is 95.3 cm³/mol. The number of hydrogen-bond acceptors (Lipinski definition) is 5. The van der Waals surface area contributed by atoms with Crippen molar-refractivity contribution in [3.05, 3.63) is 63.4 Å². The summed E-state index contributed by atoms with van der Waals surface area (Å²) in [5, 5.41) is 10.6. The molecule has 6 nitrogen and oxygen atoms in total. The number of ketones is 1. The Morgan fingerprint density at radius 1 is 1.32 bits per heavy atom. The smallest absolute Gasteiger partial charge is 0.401 e. The van der Waals surface area contributed by atoms with Gasteiger partial charge in [-0.15, -0.1) is 0 Å². The van der Waals surface area contributed by atoms with E-state index in [4.69, 9.17) is 4.42 Å². The number of hydrogen-bond donors (Lipinski definition) is 0. The minimum atomic E-state index is -0.616. The lowest BCUT2D eigenvalue weighted by Gasteiger charge is -2.20. The second-order valence-corrected chi connectivity index (χ2v) is 6.58. The predicted octanol–water partition coefficient (Wildman–Crippen LogP) is 4.40. The first kappa shape index (κ1) is 16.8. The monoisotopic (exact) mass is 338 g/mol. The third kappa shape index (κ3) is 3.28. The van der Waals surface area contributed by atoms with Crippen LogP contribution in [0.1, 0.15) is 37.7 Å². The largest absolute Gasteiger partial charge is 0.433 e. The molecule has 2 aromatic rings. The van der Waals surface area contributed by atoms with Crippen LogP contribution in [0.2, 0.25) is 0 Å². The van der Waals surface area contributed by atoms with E-state index in [1.54, 1.807) is 0 Å². The van der Waals surface area contributed by atoms with E-state index in [9.17, 15) is 14.9 Å². The second-order valence-electron chi connectivity index (χ2n) is 6.58. The van der Waals surface area contributed by atoms with Gasteiger partial charge < -0.3 is 4.42 Å². The Bertz CT molecular complexity index is 919. The molecule has 0 saturated heterocycles. The molecule has 3 rings (SSSR count). The topological polar surface area (TPSA) is 85.7 Å². The fourth-order valence-electron chi connectivity index (χ4n) is 2.77. The summed E-state index contributed by atoms with van der Waals surface area (Å²) < 4.78 is 4.99. The van der Waals surface area contributed by atoms with Crippen molar-refractivity contribution in [2.75, 3.05) is 0 Å². The number of fused-ring (bicyclic) bond motifs is 1. The van der Waals surface area contributed by atoms with Gasteiger partial charge >= 0.3 is 5.88 Å². The van der Waals surface area contributed by atoms with Crippen molar-refractivity contribution in [2.24, 2.45) is 4.99 Å². The van der Waals surface area contributed by atoms with E-state index in [0.29, 0.717) is 0 Å². The van der Waals surface area contributed by atoms with Gasteiger partial charge in [-0.25, -0.2) is 0 Å². The fraction of sp³-hybridized carbons (Fsp3) is 0.263. The molecule has 1 aromatic carbocycles. The molecule has 0 spiro atoms. The van der Waals surface area contributed by atoms with E-state index in [1.165, 1.54) is 24.3 Å². The van der Waals surface area contributed by atoms with Crippen molar-refractivity contribution in [3.63, 3.8) is 0 Å². The van der Waals surface area contributed by atoms with Crippen LogP contribution in [0.4, 0.5) is 11.6 Å². The molecule has 0 fully saturated rings. The van der Waals surface area contributed by atoms with Crippen LogP contribution in [0.15, 0.2) is 45.8 Å². The maximum atomic E-state index is 12.2. The molecule has 0 saturated carbocycles. The minimum Gasteiger partial charge on any atom is -0.401 e. The summed E-state index contributed by atoms with van der Waals surface area (Å²) in [6, 6.07) is 8.59. The summed E-state index contributed by atoms with van der Waals surface area (Å²) in [4.78, 5) is 26.7. The van der Waals surface area contributed by atoms with Crippen molar-refractivity contribution in [3.8, 4) is 0 Å². The molecule has 2 heterocycles. The van der Waals surface area contributed by atoms with Gasteiger partial charge in [-0.2, -0.15) is 0 Å². The number of nitrogens with zero attached hydrogens (tertiary/aromatic N) is 2. The van der Waals surface area contributed by atoms with E-state index in [1.807, 2.05) is 25.1 Å². The molecule has 1 aromatic heterocycles. The summed E-state index contributed by atoms with van der Waals surface area (Å²) in [6.45, 7) is 6.25. The molecule has 0 aliphatic carbocycles. The van der Waals surface area contributed by atoms with Crippen LogP contribution >= 0.6 is 0 Å². The Kier molecular flexibility index (Phi) is 4.12. The van der Waals surface area contributed by atoms with Crippen LogP contribution in [0, 0.1) is 10.1 Å². The van der Waals surface area contributed by atoms with Crippen molar-refractivity contribution >= 4 is 29.1 Å². The molecule has 6 heteroatoms. The lowest BCUT2D eigenvalue weighted by molar-refractivity contribution is -0.402. The molecule has 0 N–H and O–H groups in total. The summed E-state index contributed by atoms with van der Waals surface area (Å²) in [7, 11) is 0. The Balaban J connectivity index is 1.71. The van der Waals surface area contributed by atoms with Gasteiger partial charge in [-0.3, -0.25) is 19.9 Å². The number of carbonyl (C=O) groups excluding carboxylic acids is 1. The quantitative estimate of drug-likeness (QED) is 0.459. The van der Waals surface area contributed by atoms with Crippen molar-refractivity contribution in [1.82, 2.24) is 0 Å². The third-order valence-corrected chi connectivity index (χ3v) is 4.53. The zero-order chi connectivity index (χ0) is 18.2. The zero-order valence-corrected chi connectivity index (χ0v) is 14.3. The summed E-state index contributed by atoms with van der Waals surface area (Å²) in [5.41, 5.74) is 3.93. The maximum absolute atomic E-state index is 12.2. The second kappa shape index (κ2) is 6.12. The fourth-order valence-corrected chi connectivity index (χ4v) is 2.77. The normalized spacial score (nSPS) is 15.2. The van der Waals surface area contributed by atoms with Crippen LogP contribution in [0.5, 0.6) is 0 Å². The van der Waals surface area contributed by atoms with E-state index in [2.05, 4.69) is 18.8 Å². The average molecular weight is 338 g/mol. The number of furan rings is 1. The van der Waals surface area contributed by atoms with Crippen LogP contribution in [-0.4, -0.2) is 16.4 Å². The summed E-state index contributed by atoms with van der Waals surface area (Å²) >= 11 is 0. The number of carbonyl (C=O) groups is 1. The maximum Gasteiger partial charge on any atom is 0.433 e. The number of aliphatic imine (C=N–C) groups is 1. The highest BCUT2D eigenvalue weighted by molar-refractivity contribution is 6.00. The van der Waals surface area contributed by atoms with E-state index >= 15 is 0 Å². The third-order valence-electron chi connectivity index (χ3n) is 4.53. The Labute approximate surface area is 145 Å². The first-order valence-electron chi connectivity index (χ1n) is 7.91. The summed E-state index contributed by atoms with van der Waals surface area (Å²) in [5.74, 6) is -0.171. The van der Waals surface area contributed by atoms with Gasteiger partial charge in [-0.05, 0) is 42.3 Å². The highest BCUT2D eigenvalue weighted by atomic mass is 16.6. The zero-order valence-electron chi connectivity index (χ0n) is 14.3. The van der Waals surface area contributed by atoms with Crippen molar-refractivity contribution < 1.29 is 14.1 Å². The van der Waals surface area contributed by atoms with Gasteiger partial charge in [0.15, 0.2) is 5.78 Å². The van der Waals surface area contributed by atoms with Crippen LogP contribution in [0.3, 0.4) is 0 Å². The van der Waals surface area contributed by atoms with Gasteiger partial charge in [-0.1, -0.05) is 26.0 Å². The lowest BCUT2D eigenvalue weighted by atomic mass is 9.81. The Morgan fingerprint density at radius 3 is 2.76 bits per heavy atom. The SMILES string of the molecule is CC1=Nc2ccc(CC(=O)/C=C/c3ccc([N+](=O)[O-])o3)cc2C1(C)C. The average Bonchev–Trinajstić information content (AvgIpc) is 3.10. The first-order valence-corrected chi connectivity index (χ1v) is 7.91. The van der Waals surface area contributed by atoms with Crippen LogP contribution in [0.25, 0.3) is 6.08 Å². The van der Waals surface area contributed by atoms with Gasteiger partial charge in [0.05, 0.1) is 11.8 Å². The van der Waals surface area contributed by atoms with Crippen molar-refractivity contribution in [2.45, 2.75) is 32.6 Å². The lowest BCUT2D eigenvalue weighted by Crippen LogP contribution is -2.22. The summed E-state index contributed by atoms with van der Waals surface area (Å²) in [6.07, 6.45) is 3.07. The first-order chi connectivity index (χ1) is 11.8. The molecule has 0 unspecified atom stereocenters. The minimum absolute atomic E-state index is 0.104. The van der Waals surface area contributed by atoms with Gasteiger partial charge in [0, 0.05) is 17.5 Å². The number of allylic oxidation sites excluding steroid dienone is 1. The Hall–Kier alpha value is -3.02. The highest BCUT2D eigenvalue weighted by Gasteiger charge is 2.32. The molecule has 0 amide bonds. The number of benzene rings is 1. The van der Waals surface area contributed by atoms with Gasteiger partial charge in [0.2, 0.25) is 0 Å².